The highest BCUT2D eigenvalue weighted by Crippen LogP contribution is 2.17. The van der Waals surface area contributed by atoms with Crippen LogP contribution in [0.3, 0.4) is 0 Å². The van der Waals surface area contributed by atoms with Gasteiger partial charge in [-0.2, -0.15) is 0 Å². The summed E-state index contributed by atoms with van der Waals surface area (Å²) in [4.78, 5) is 38.5. The minimum absolute atomic E-state index is 0.0914. The van der Waals surface area contributed by atoms with Gasteiger partial charge in [-0.3, -0.25) is 14.4 Å². The zero-order valence-corrected chi connectivity index (χ0v) is 54.7. The van der Waals surface area contributed by atoms with E-state index in [0.29, 0.717) is 19.3 Å². The molecule has 0 bridgehead atoms. The quantitative estimate of drug-likeness (QED) is 0.0261. The first-order valence-corrected chi connectivity index (χ1v) is 35.4. The molecule has 0 aromatic rings. The third-order valence-corrected chi connectivity index (χ3v) is 15.3. The molecule has 6 nitrogen and oxygen atoms in total. The third-order valence-electron chi connectivity index (χ3n) is 15.3. The van der Waals surface area contributed by atoms with Crippen LogP contribution in [0.5, 0.6) is 0 Å². The Morgan fingerprint density at radius 3 is 0.759 bits per heavy atom. The van der Waals surface area contributed by atoms with Crippen molar-refractivity contribution in [2.75, 3.05) is 13.2 Å². The Bertz CT molecular complexity index is 1660. The van der Waals surface area contributed by atoms with Gasteiger partial charge in [0.2, 0.25) is 0 Å². The Morgan fingerprint density at radius 2 is 0.470 bits per heavy atom. The number of unbranched alkanes of at least 4 members (excludes halogenated alkanes) is 35. The lowest BCUT2D eigenvalue weighted by molar-refractivity contribution is -0.167. The fourth-order valence-corrected chi connectivity index (χ4v) is 9.99. The van der Waals surface area contributed by atoms with Crippen LogP contribution >= 0.6 is 0 Å². The summed E-state index contributed by atoms with van der Waals surface area (Å²) < 4.78 is 17.0. The minimum atomic E-state index is -0.798. The highest BCUT2D eigenvalue weighted by Gasteiger charge is 2.19. The highest BCUT2D eigenvalue weighted by molar-refractivity contribution is 5.71. The lowest BCUT2D eigenvalue weighted by Crippen LogP contribution is -2.30. The van der Waals surface area contributed by atoms with E-state index in [-0.39, 0.29) is 31.1 Å². The van der Waals surface area contributed by atoms with Gasteiger partial charge in [0, 0.05) is 19.3 Å². The van der Waals surface area contributed by atoms with Gasteiger partial charge in [0.1, 0.15) is 13.2 Å². The molecule has 0 saturated carbocycles. The smallest absolute Gasteiger partial charge is 0.306 e. The zero-order valence-electron chi connectivity index (χ0n) is 54.7. The normalized spacial score (nSPS) is 12.8. The molecular weight excluding hydrogens is 1020 g/mol. The van der Waals surface area contributed by atoms with Crippen LogP contribution in [0.25, 0.3) is 0 Å². The molecule has 0 saturated heterocycles. The van der Waals surface area contributed by atoms with Crippen LogP contribution in [0.15, 0.2) is 109 Å². The summed E-state index contributed by atoms with van der Waals surface area (Å²) in [6.07, 6.45) is 96.8. The van der Waals surface area contributed by atoms with Crippen LogP contribution in [-0.4, -0.2) is 37.2 Å². The van der Waals surface area contributed by atoms with E-state index < -0.39 is 6.10 Å². The van der Waals surface area contributed by atoms with Gasteiger partial charge in [-0.1, -0.05) is 323 Å². The second-order valence-corrected chi connectivity index (χ2v) is 23.4. The van der Waals surface area contributed by atoms with E-state index in [1.807, 2.05) is 0 Å². The zero-order chi connectivity index (χ0) is 59.9. The van der Waals surface area contributed by atoms with Crippen LogP contribution in [0.1, 0.15) is 342 Å². The molecule has 0 aliphatic heterocycles. The Kier molecular flexibility index (Phi) is 67.2. The van der Waals surface area contributed by atoms with Crippen molar-refractivity contribution in [1.29, 1.82) is 0 Å². The number of hydrogen-bond acceptors (Lipinski definition) is 6. The van der Waals surface area contributed by atoms with E-state index in [2.05, 4.69) is 130 Å². The van der Waals surface area contributed by atoms with Crippen LogP contribution in [0.4, 0.5) is 0 Å². The maximum atomic E-state index is 13.0. The van der Waals surface area contributed by atoms with E-state index in [9.17, 15) is 14.4 Å². The molecule has 0 radical (unpaired) electrons. The minimum Gasteiger partial charge on any atom is -0.462 e. The molecule has 6 heteroatoms. The maximum absolute atomic E-state index is 13.0. The third kappa shape index (κ3) is 68.7. The van der Waals surface area contributed by atoms with Crippen molar-refractivity contribution in [1.82, 2.24) is 0 Å². The first-order chi connectivity index (χ1) is 41.0. The molecule has 0 N–H and O–H groups in total. The number of esters is 3. The number of ether oxygens (including phenoxy) is 3. The first-order valence-electron chi connectivity index (χ1n) is 35.4. The molecular formula is C77H132O6. The van der Waals surface area contributed by atoms with Gasteiger partial charge in [-0.05, 0) is 109 Å². The maximum Gasteiger partial charge on any atom is 0.306 e. The van der Waals surface area contributed by atoms with Gasteiger partial charge in [0.05, 0.1) is 0 Å². The van der Waals surface area contributed by atoms with Crippen LogP contribution in [0.2, 0.25) is 0 Å². The summed E-state index contributed by atoms with van der Waals surface area (Å²) in [5, 5.41) is 0. The monoisotopic (exact) mass is 1150 g/mol. The van der Waals surface area contributed by atoms with Crippen molar-refractivity contribution in [2.45, 2.75) is 348 Å². The highest BCUT2D eigenvalue weighted by atomic mass is 16.6. The summed E-state index contributed by atoms with van der Waals surface area (Å²) in [5.74, 6) is -0.917. The van der Waals surface area contributed by atoms with Crippen molar-refractivity contribution < 1.29 is 28.6 Å². The number of rotatable bonds is 64. The van der Waals surface area contributed by atoms with E-state index in [4.69, 9.17) is 14.2 Å². The van der Waals surface area contributed by atoms with Crippen molar-refractivity contribution >= 4 is 17.9 Å². The molecule has 476 valence electrons. The lowest BCUT2D eigenvalue weighted by atomic mass is 10.0. The summed E-state index contributed by atoms with van der Waals surface area (Å²) in [6.45, 7) is 6.52. The average Bonchev–Trinajstić information content (AvgIpc) is 3.50. The molecule has 0 aromatic carbocycles. The lowest BCUT2D eigenvalue weighted by Gasteiger charge is -2.18. The van der Waals surface area contributed by atoms with Crippen LogP contribution in [-0.2, 0) is 28.6 Å². The number of carbonyl (C=O) groups is 3. The number of hydrogen-bond donors (Lipinski definition) is 0. The van der Waals surface area contributed by atoms with Crippen LogP contribution < -0.4 is 0 Å². The number of carbonyl (C=O) groups excluding carboxylic acids is 3. The first kappa shape index (κ1) is 79.1. The second kappa shape index (κ2) is 70.6. The van der Waals surface area contributed by atoms with Gasteiger partial charge < -0.3 is 14.2 Å². The summed E-state index contributed by atoms with van der Waals surface area (Å²) in [7, 11) is 0. The predicted molar refractivity (Wildman–Crippen MR) is 362 cm³/mol. The van der Waals surface area contributed by atoms with Gasteiger partial charge in [-0.25, -0.2) is 0 Å². The number of allylic oxidation sites excluding steroid dienone is 18. The molecule has 0 fully saturated rings. The second-order valence-electron chi connectivity index (χ2n) is 23.4. The largest absolute Gasteiger partial charge is 0.462 e. The Labute approximate surface area is 514 Å². The summed E-state index contributed by atoms with van der Waals surface area (Å²) in [6, 6.07) is 0. The predicted octanol–water partition coefficient (Wildman–Crippen LogP) is 24.6. The molecule has 0 rings (SSSR count). The molecule has 0 heterocycles. The average molecular weight is 1150 g/mol. The summed E-state index contributed by atoms with van der Waals surface area (Å²) in [5.41, 5.74) is 0. The van der Waals surface area contributed by atoms with E-state index in [1.165, 1.54) is 180 Å². The molecule has 1 unspecified atom stereocenters. The Morgan fingerprint density at radius 1 is 0.253 bits per heavy atom. The Balaban J connectivity index is 4.44. The van der Waals surface area contributed by atoms with Gasteiger partial charge in [0.25, 0.3) is 0 Å². The van der Waals surface area contributed by atoms with E-state index >= 15 is 0 Å². The Hall–Kier alpha value is -3.93. The summed E-state index contributed by atoms with van der Waals surface area (Å²) >= 11 is 0. The molecule has 0 aromatic heterocycles. The molecule has 0 aliphatic rings. The van der Waals surface area contributed by atoms with E-state index in [1.54, 1.807) is 0 Å². The SMILES string of the molecule is CC/C=C\C/C=C\C/C=C\C/C=C\C/C=C\C/C=C\C/C=C\CCCCCC(=O)OCC(COC(=O)CCCCCCCCC/C=C\C/C=C\CCCCCC)OC(=O)CCCCCCCCCCCCCCCCCCCCCCCC. The molecule has 0 spiro atoms. The van der Waals surface area contributed by atoms with Gasteiger partial charge in [-0.15, -0.1) is 0 Å². The topological polar surface area (TPSA) is 78.9 Å². The van der Waals surface area contributed by atoms with Crippen LogP contribution in [0, 0.1) is 0 Å². The van der Waals surface area contributed by atoms with Gasteiger partial charge >= 0.3 is 17.9 Å². The van der Waals surface area contributed by atoms with E-state index in [0.717, 1.165) is 122 Å². The molecule has 0 aliphatic carbocycles. The fraction of sp³-hybridized carbons (Fsp3) is 0.727. The molecule has 83 heavy (non-hydrogen) atoms. The fourth-order valence-electron chi connectivity index (χ4n) is 9.99. The molecule has 0 amide bonds. The standard InChI is InChI=1S/C77H132O6/c1-4-7-10-13-16-19-22-25-28-31-34-36-38-39-40-42-43-46-49-52-55-58-61-64-67-70-76(79)82-73-74(72-81-75(78)69-66-63-60-57-54-51-48-45-33-30-27-24-21-18-15-12-9-6-3)83-77(80)71-68-65-62-59-56-53-50-47-44-41-37-35-32-29-26-23-20-17-14-11-8-5-2/h7,10,16,19,21,24-25,28,30,33-34,36,39-40,43,46,52,55,74H,4-6,8-9,11-15,17-18,20,22-23,26-27,29,31-32,35,37-38,41-42,44-45,47-51,53-54,56-73H2,1-3H3/b10-7-,19-16-,24-21-,28-25-,33-30-,36-34-,40-39-,46-43-,55-52-. The van der Waals surface area contributed by atoms with Crippen molar-refractivity contribution in [3.63, 3.8) is 0 Å². The van der Waals surface area contributed by atoms with Crippen molar-refractivity contribution in [3.05, 3.63) is 109 Å². The van der Waals surface area contributed by atoms with Crippen molar-refractivity contribution in [2.24, 2.45) is 0 Å². The van der Waals surface area contributed by atoms with Gasteiger partial charge in [0.15, 0.2) is 6.10 Å². The van der Waals surface area contributed by atoms with Crippen molar-refractivity contribution in [3.8, 4) is 0 Å². The molecule has 1 atom stereocenters.